The van der Waals surface area contributed by atoms with E-state index in [-0.39, 0.29) is 18.4 Å². The van der Waals surface area contributed by atoms with Gasteiger partial charge in [-0.3, -0.25) is 9.59 Å². The molecular formula is C14H16Cl2N2O3. The number of carbonyl (C=O) groups is 2. The Morgan fingerprint density at radius 1 is 1.10 bits per heavy atom. The van der Waals surface area contributed by atoms with Crippen molar-refractivity contribution in [1.29, 1.82) is 0 Å². The highest BCUT2D eigenvalue weighted by Crippen LogP contribution is 2.26. The van der Waals surface area contributed by atoms with Crippen LogP contribution in [0.25, 0.3) is 0 Å². The second-order valence-corrected chi connectivity index (χ2v) is 5.57. The lowest BCUT2D eigenvalue weighted by Gasteiger charge is -2.34. The highest BCUT2D eigenvalue weighted by atomic mass is 35.5. The third-order valence-corrected chi connectivity index (χ3v) is 4.07. The van der Waals surface area contributed by atoms with Crippen LogP contribution in [-0.4, -0.2) is 54.4 Å². The molecule has 0 atom stereocenters. The third kappa shape index (κ3) is 4.25. The third-order valence-electron chi connectivity index (χ3n) is 3.33. The summed E-state index contributed by atoms with van der Waals surface area (Å²) in [6, 6.07) is 4.86. The first-order chi connectivity index (χ1) is 9.97. The number of piperazine rings is 1. The number of hydrogen-bond donors (Lipinski definition) is 0. The summed E-state index contributed by atoms with van der Waals surface area (Å²) >= 11 is 11.7. The minimum absolute atomic E-state index is 0.0363. The molecule has 1 aromatic rings. The fourth-order valence-electron chi connectivity index (χ4n) is 2.07. The van der Waals surface area contributed by atoms with E-state index >= 15 is 0 Å². The lowest BCUT2D eigenvalue weighted by molar-refractivity contribution is -0.139. The van der Waals surface area contributed by atoms with Crippen LogP contribution >= 0.6 is 23.2 Å². The summed E-state index contributed by atoms with van der Waals surface area (Å²) < 4.78 is 5.42. The van der Waals surface area contributed by atoms with Crippen LogP contribution in [0.2, 0.25) is 10.0 Å². The van der Waals surface area contributed by atoms with Gasteiger partial charge in [-0.2, -0.15) is 0 Å². The number of rotatable bonds is 3. The molecule has 1 aromatic carbocycles. The first-order valence-electron chi connectivity index (χ1n) is 6.58. The van der Waals surface area contributed by atoms with E-state index in [1.165, 1.54) is 6.92 Å². The largest absolute Gasteiger partial charge is 0.484 e. The highest BCUT2D eigenvalue weighted by Gasteiger charge is 2.22. The van der Waals surface area contributed by atoms with Crippen molar-refractivity contribution in [1.82, 2.24) is 9.80 Å². The van der Waals surface area contributed by atoms with E-state index in [4.69, 9.17) is 27.9 Å². The Labute approximate surface area is 133 Å². The van der Waals surface area contributed by atoms with Gasteiger partial charge in [0.1, 0.15) is 5.75 Å². The Kier molecular flexibility index (Phi) is 5.31. The van der Waals surface area contributed by atoms with Gasteiger partial charge < -0.3 is 14.5 Å². The molecule has 0 aromatic heterocycles. The van der Waals surface area contributed by atoms with Crippen LogP contribution in [0.15, 0.2) is 18.2 Å². The molecule has 114 valence electrons. The van der Waals surface area contributed by atoms with E-state index in [0.29, 0.717) is 42.0 Å². The fourth-order valence-corrected chi connectivity index (χ4v) is 2.36. The zero-order valence-corrected chi connectivity index (χ0v) is 13.2. The fraction of sp³-hybridized carbons (Fsp3) is 0.429. The SMILES string of the molecule is CC(=O)N1CCN(C(=O)COc2ccc(Cl)c(Cl)c2)CC1. The molecule has 1 aliphatic heterocycles. The van der Waals surface area contributed by atoms with Crippen molar-refractivity contribution in [3.63, 3.8) is 0 Å². The number of hydrogen-bond acceptors (Lipinski definition) is 3. The predicted molar refractivity (Wildman–Crippen MR) is 80.8 cm³/mol. The molecule has 1 fully saturated rings. The Hall–Kier alpha value is -1.46. The van der Waals surface area contributed by atoms with Crippen molar-refractivity contribution in [3.05, 3.63) is 28.2 Å². The summed E-state index contributed by atoms with van der Waals surface area (Å²) in [4.78, 5) is 26.7. The van der Waals surface area contributed by atoms with Crippen molar-refractivity contribution < 1.29 is 14.3 Å². The summed E-state index contributed by atoms with van der Waals surface area (Å²) in [5.41, 5.74) is 0. The molecule has 0 N–H and O–H groups in total. The van der Waals surface area contributed by atoms with Crippen LogP contribution in [0, 0.1) is 0 Å². The van der Waals surface area contributed by atoms with Crippen molar-refractivity contribution in [2.75, 3.05) is 32.8 Å². The molecule has 2 rings (SSSR count). The zero-order valence-electron chi connectivity index (χ0n) is 11.6. The molecular weight excluding hydrogens is 315 g/mol. The molecule has 2 amide bonds. The number of halogens is 2. The standard InChI is InChI=1S/C14H16Cl2N2O3/c1-10(19)17-4-6-18(7-5-17)14(20)9-21-11-2-3-12(15)13(16)8-11/h2-3,8H,4-7,9H2,1H3. The Morgan fingerprint density at radius 3 is 2.29 bits per heavy atom. The van der Waals surface area contributed by atoms with Crippen LogP contribution in [0.4, 0.5) is 0 Å². The quantitative estimate of drug-likeness (QED) is 0.852. The van der Waals surface area contributed by atoms with E-state index in [1.807, 2.05) is 0 Å². The van der Waals surface area contributed by atoms with E-state index in [2.05, 4.69) is 0 Å². The Morgan fingerprint density at radius 2 is 1.71 bits per heavy atom. The maximum Gasteiger partial charge on any atom is 0.260 e. The topological polar surface area (TPSA) is 49.9 Å². The van der Waals surface area contributed by atoms with E-state index in [9.17, 15) is 9.59 Å². The Bertz CT molecular complexity index is 543. The molecule has 0 radical (unpaired) electrons. The molecule has 1 heterocycles. The number of benzene rings is 1. The second-order valence-electron chi connectivity index (χ2n) is 4.75. The number of ether oxygens (including phenoxy) is 1. The van der Waals surface area contributed by atoms with Gasteiger partial charge in [-0.25, -0.2) is 0 Å². The van der Waals surface area contributed by atoms with E-state index < -0.39 is 0 Å². The van der Waals surface area contributed by atoms with Gasteiger partial charge in [0.05, 0.1) is 10.0 Å². The molecule has 0 unspecified atom stereocenters. The van der Waals surface area contributed by atoms with Crippen LogP contribution < -0.4 is 4.74 Å². The monoisotopic (exact) mass is 330 g/mol. The van der Waals surface area contributed by atoms with Crippen molar-refractivity contribution >= 4 is 35.0 Å². The van der Waals surface area contributed by atoms with Gasteiger partial charge in [0.2, 0.25) is 5.91 Å². The average molecular weight is 331 g/mol. The van der Waals surface area contributed by atoms with E-state index in [1.54, 1.807) is 28.0 Å². The van der Waals surface area contributed by atoms with Crippen LogP contribution in [-0.2, 0) is 9.59 Å². The first kappa shape index (κ1) is 15.9. The molecule has 5 nitrogen and oxygen atoms in total. The molecule has 0 aliphatic carbocycles. The smallest absolute Gasteiger partial charge is 0.260 e. The summed E-state index contributed by atoms with van der Waals surface area (Å²) in [6.45, 7) is 3.66. The second kappa shape index (κ2) is 7.00. The summed E-state index contributed by atoms with van der Waals surface area (Å²) in [7, 11) is 0. The number of carbonyl (C=O) groups excluding carboxylic acids is 2. The van der Waals surface area contributed by atoms with Gasteiger partial charge >= 0.3 is 0 Å². The summed E-state index contributed by atoms with van der Waals surface area (Å²) in [5, 5.41) is 0.826. The van der Waals surface area contributed by atoms with Crippen molar-refractivity contribution in [2.24, 2.45) is 0 Å². The molecule has 1 saturated heterocycles. The molecule has 0 saturated carbocycles. The molecule has 0 bridgehead atoms. The molecule has 7 heteroatoms. The molecule has 0 spiro atoms. The van der Waals surface area contributed by atoms with Gasteiger partial charge in [-0.05, 0) is 12.1 Å². The van der Waals surface area contributed by atoms with Crippen molar-refractivity contribution in [2.45, 2.75) is 6.92 Å². The van der Waals surface area contributed by atoms with Crippen LogP contribution in [0.1, 0.15) is 6.92 Å². The van der Waals surface area contributed by atoms with Gasteiger partial charge in [0.15, 0.2) is 6.61 Å². The average Bonchev–Trinajstić information content (AvgIpc) is 2.48. The van der Waals surface area contributed by atoms with Gasteiger partial charge in [-0.15, -0.1) is 0 Å². The molecule has 21 heavy (non-hydrogen) atoms. The lowest BCUT2D eigenvalue weighted by Crippen LogP contribution is -2.51. The van der Waals surface area contributed by atoms with Crippen LogP contribution in [0.5, 0.6) is 5.75 Å². The van der Waals surface area contributed by atoms with Gasteiger partial charge in [0, 0.05) is 39.2 Å². The van der Waals surface area contributed by atoms with Gasteiger partial charge in [-0.1, -0.05) is 23.2 Å². The number of nitrogens with zero attached hydrogens (tertiary/aromatic N) is 2. The van der Waals surface area contributed by atoms with E-state index in [0.717, 1.165) is 0 Å². The summed E-state index contributed by atoms with van der Waals surface area (Å²) in [5.74, 6) is 0.429. The van der Waals surface area contributed by atoms with Crippen LogP contribution in [0.3, 0.4) is 0 Å². The number of amides is 2. The maximum atomic E-state index is 12.0. The molecule has 1 aliphatic rings. The highest BCUT2D eigenvalue weighted by molar-refractivity contribution is 6.42. The maximum absolute atomic E-state index is 12.0. The lowest BCUT2D eigenvalue weighted by atomic mass is 10.3. The normalized spacial score (nSPS) is 15.0. The minimum Gasteiger partial charge on any atom is -0.484 e. The first-order valence-corrected chi connectivity index (χ1v) is 7.34. The Balaban J connectivity index is 1.82. The predicted octanol–water partition coefficient (Wildman–Crippen LogP) is 2.06. The zero-order chi connectivity index (χ0) is 15.4. The summed E-state index contributed by atoms with van der Waals surface area (Å²) in [6.07, 6.45) is 0. The van der Waals surface area contributed by atoms with Crippen molar-refractivity contribution in [3.8, 4) is 5.75 Å². The van der Waals surface area contributed by atoms with Gasteiger partial charge in [0.25, 0.3) is 5.91 Å². The minimum atomic E-state index is -0.107.